The van der Waals surface area contributed by atoms with E-state index in [4.69, 9.17) is 21.1 Å². The summed E-state index contributed by atoms with van der Waals surface area (Å²) in [5, 5.41) is 5.08. The minimum Gasteiger partial charge on any atom is -0.496 e. The van der Waals surface area contributed by atoms with Crippen molar-refractivity contribution < 1.29 is 9.47 Å². The van der Waals surface area contributed by atoms with Crippen LogP contribution in [0, 0.1) is 0 Å². The molecular weight excluding hydrogens is 404 g/mol. The van der Waals surface area contributed by atoms with Crippen LogP contribution < -0.4 is 9.47 Å². The number of benzene rings is 5. The van der Waals surface area contributed by atoms with Gasteiger partial charge in [0.2, 0.25) is 0 Å². The molecule has 5 rings (SSSR count). The van der Waals surface area contributed by atoms with Crippen LogP contribution in [0.2, 0.25) is 5.02 Å². The van der Waals surface area contributed by atoms with E-state index >= 15 is 0 Å². The van der Waals surface area contributed by atoms with Crippen LogP contribution >= 0.6 is 11.6 Å². The highest BCUT2D eigenvalue weighted by Crippen LogP contribution is 2.46. The summed E-state index contributed by atoms with van der Waals surface area (Å²) in [7, 11) is 1.70. The molecule has 31 heavy (non-hydrogen) atoms. The van der Waals surface area contributed by atoms with E-state index in [9.17, 15) is 0 Å². The fraction of sp³-hybridized carbons (Fsp3) is 0.0714. The maximum atomic E-state index is 6.42. The third-order valence-corrected chi connectivity index (χ3v) is 5.78. The Bertz CT molecular complexity index is 1380. The maximum Gasteiger partial charge on any atom is 0.128 e. The first-order valence-electron chi connectivity index (χ1n) is 10.2. The van der Waals surface area contributed by atoms with Crippen molar-refractivity contribution in [1.29, 1.82) is 0 Å². The smallest absolute Gasteiger partial charge is 0.128 e. The van der Waals surface area contributed by atoms with Gasteiger partial charge in [-0.2, -0.15) is 0 Å². The van der Waals surface area contributed by atoms with E-state index in [0.717, 1.165) is 49.7 Å². The Hall–Kier alpha value is -3.49. The Labute approximate surface area is 186 Å². The molecule has 0 saturated carbocycles. The number of methoxy groups -OCH3 is 1. The van der Waals surface area contributed by atoms with Gasteiger partial charge in [0, 0.05) is 16.1 Å². The molecule has 0 aliphatic rings. The van der Waals surface area contributed by atoms with E-state index in [-0.39, 0.29) is 0 Å². The lowest BCUT2D eigenvalue weighted by molar-refractivity contribution is 0.308. The summed E-state index contributed by atoms with van der Waals surface area (Å²) in [6.45, 7) is 0.479. The van der Waals surface area contributed by atoms with Crippen LogP contribution in [-0.2, 0) is 6.61 Å². The van der Waals surface area contributed by atoms with E-state index in [1.165, 1.54) is 0 Å². The monoisotopic (exact) mass is 424 g/mol. The van der Waals surface area contributed by atoms with Gasteiger partial charge in [-0.25, -0.2) is 0 Å². The lowest BCUT2D eigenvalue weighted by Gasteiger charge is -2.19. The molecule has 152 valence electrons. The van der Waals surface area contributed by atoms with Crippen LogP contribution in [0.25, 0.3) is 32.7 Å². The first-order valence-corrected chi connectivity index (χ1v) is 10.6. The molecule has 2 nitrogen and oxygen atoms in total. The normalized spacial score (nSPS) is 11.0. The molecule has 0 spiro atoms. The van der Waals surface area contributed by atoms with E-state index < -0.39 is 0 Å². The molecule has 5 aromatic carbocycles. The molecular formula is C28H21ClO2. The molecule has 0 amide bonds. The van der Waals surface area contributed by atoms with Gasteiger partial charge in [0.25, 0.3) is 0 Å². The van der Waals surface area contributed by atoms with Gasteiger partial charge in [0.1, 0.15) is 18.1 Å². The number of hydrogen-bond acceptors (Lipinski definition) is 2. The van der Waals surface area contributed by atoms with Crippen molar-refractivity contribution >= 4 is 33.1 Å². The van der Waals surface area contributed by atoms with Crippen LogP contribution in [0.5, 0.6) is 11.5 Å². The summed E-state index contributed by atoms with van der Waals surface area (Å²) in [6.07, 6.45) is 0. The van der Waals surface area contributed by atoms with Gasteiger partial charge >= 0.3 is 0 Å². The molecule has 5 aromatic rings. The van der Waals surface area contributed by atoms with Gasteiger partial charge in [-0.05, 0) is 51.4 Å². The van der Waals surface area contributed by atoms with Gasteiger partial charge in [-0.1, -0.05) is 84.4 Å². The second kappa shape index (κ2) is 8.33. The Morgan fingerprint density at radius 2 is 1.29 bits per heavy atom. The van der Waals surface area contributed by atoms with Crippen LogP contribution in [0.1, 0.15) is 5.56 Å². The Morgan fingerprint density at radius 3 is 2.10 bits per heavy atom. The molecule has 0 aliphatic carbocycles. The van der Waals surface area contributed by atoms with Crippen LogP contribution in [0.3, 0.4) is 0 Å². The van der Waals surface area contributed by atoms with Gasteiger partial charge in [0.15, 0.2) is 0 Å². The number of halogens is 1. The summed E-state index contributed by atoms with van der Waals surface area (Å²) in [5.41, 5.74) is 3.12. The largest absolute Gasteiger partial charge is 0.496 e. The van der Waals surface area contributed by atoms with Crippen molar-refractivity contribution in [2.75, 3.05) is 7.11 Å². The van der Waals surface area contributed by atoms with Crippen molar-refractivity contribution in [3.8, 4) is 22.6 Å². The van der Waals surface area contributed by atoms with Crippen LogP contribution in [0.15, 0.2) is 97.1 Å². The fourth-order valence-corrected chi connectivity index (χ4v) is 4.24. The standard InChI is InChI=1S/C28H21ClO2/c1-30-25-15-12-20-9-5-6-10-23(20)27(25)28-24-17-22(29)14-11-21(24)13-16-26(28)31-18-19-7-3-2-4-8-19/h2-17H,18H2,1H3. The highest BCUT2D eigenvalue weighted by Gasteiger charge is 2.19. The van der Waals surface area contributed by atoms with Crippen molar-refractivity contribution in [3.05, 3.63) is 108 Å². The molecule has 0 bridgehead atoms. The Morgan fingerprint density at radius 1 is 0.645 bits per heavy atom. The first-order chi connectivity index (χ1) is 15.2. The summed E-state index contributed by atoms with van der Waals surface area (Å²) >= 11 is 6.42. The van der Waals surface area contributed by atoms with Gasteiger partial charge in [-0.3, -0.25) is 0 Å². The summed E-state index contributed by atoms with van der Waals surface area (Å²) < 4.78 is 12.2. The van der Waals surface area contributed by atoms with Gasteiger partial charge < -0.3 is 9.47 Å². The summed E-state index contributed by atoms with van der Waals surface area (Å²) in [6, 6.07) is 32.7. The molecule has 3 heteroatoms. The third kappa shape index (κ3) is 3.71. The van der Waals surface area contributed by atoms with E-state index in [1.807, 2.05) is 60.7 Å². The van der Waals surface area contributed by atoms with Crippen molar-refractivity contribution in [1.82, 2.24) is 0 Å². The Kier molecular flexibility index (Phi) is 5.23. The summed E-state index contributed by atoms with van der Waals surface area (Å²) in [5.74, 6) is 1.60. The second-order valence-corrected chi connectivity index (χ2v) is 7.88. The number of fused-ring (bicyclic) bond motifs is 2. The van der Waals surface area contributed by atoms with Crippen molar-refractivity contribution in [2.45, 2.75) is 6.61 Å². The average molecular weight is 425 g/mol. The number of ether oxygens (including phenoxy) is 2. The minimum atomic E-state index is 0.479. The SMILES string of the molecule is COc1ccc2ccccc2c1-c1c(OCc2ccccc2)ccc2ccc(Cl)cc12. The molecule has 0 aliphatic heterocycles. The topological polar surface area (TPSA) is 18.5 Å². The number of rotatable bonds is 5. The lowest BCUT2D eigenvalue weighted by atomic mass is 9.92. The molecule has 0 unspecified atom stereocenters. The highest BCUT2D eigenvalue weighted by molar-refractivity contribution is 6.31. The molecule has 0 heterocycles. The number of hydrogen-bond donors (Lipinski definition) is 0. The lowest BCUT2D eigenvalue weighted by Crippen LogP contribution is -1.99. The predicted octanol–water partition coefficient (Wildman–Crippen LogP) is 7.90. The van der Waals surface area contributed by atoms with Crippen molar-refractivity contribution in [2.24, 2.45) is 0 Å². The first kappa shape index (κ1) is 19.5. The molecule has 0 N–H and O–H groups in total. The third-order valence-electron chi connectivity index (χ3n) is 5.54. The Balaban J connectivity index is 1.79. The molecule has 0 fully saturated rings. The molecule has 0 atom stereocenters. The average Bonchev–Trinajstić information content (AvgIpc) is 2.82. The van der Waals surface area contributed by atoms with Crippen LogP contribution in [-0.4, -0.2) is 7.11 Å². The second-order valence-electron chi connectivity index (χ2n) is 7.44. The minimum absolute atomic E-state index is 0.479. The van der Waals surface area contributed by atoms with Crippen molar-refractivity contribution in [3.63, 3.8) is 0 Å². The van der Waals surface area contributed by atoms with E-state index in [2.05, 4.69) is 36.4 Å². The molecule has 0 aromatic heterocycles. The zero-order valence-corrected chi connectivity index (χ0v) is 17.9. The zero-order chi connectivity index (χ0) is 21.2. The summed E-state index contributed by atoms with van der Waals surface area (Å²) in [4.78, 5) is 0. The van der Waals surface area contributed by atoms with Crippen LogP contribution in [0.4, 0.5) is 0 Å². The van der Waals surface area contributed by atoms with Gasteiger partial charge in [0.05, 0.1) is 7.11 Å². The molecule has 0 saturated heterocycles. The predicted molar refractivity (Wildman–Crippen MR) is 129 cm³/mol. The molecule has 0 radical (unpaired) electrons. The van der Waals surface area contributed by atoms with Gasteiger partial charge in [-0.15, -0.1) is 0 Å². The zero-order valence-electron chi connectivity index (χ0n) is 17.1. The maximum absolute atomic E-state index is 6.42. The van der Waals surface area contributed by atoms with E-state index in [1.54, 1.807) is 7.11 Å². The van der Waals surface area contributed by atoms with E-state index in [0.29, 0.717) is 11.6 Å². The fourth-order valence-electron chi connectivity index (χ4n) is 4.06. The quantitative estimate of drug-likeness (QED) is 0.285. The highest BCUT2D eigenvalue weighted by atomic mass is 35.5.